The molecule has 0 radical (unpaired) electrons. The molecule has 0 saturated carbocycles. The fraction of sp³-hybridized carbons (Fsp3) is 0.333. The summed E-state index contributed by atoms with van der Waals surface area (Å²) in [7, 11) is 0. The number of benzene rings is 1. The molecule has 0 saturated heterocycles. The average molecular weight is 272 g/mol. The van der Waals surface area contributed by atoms with E-state index in [2.05, 4.69) is 10.4 Å². The second-order valence-electron chi connectivity index (χ2n) is 5.01. The van der Waals surface area contributed by atoms with Crippen LogP contribution >= 0.6 is 0 Å². The van der Waals surface area contributed by atoms with E-state index in [0.717, 1.165) is 5.69 Å². The first kappa shape index (κ1) is 14.3. The zero-order chi connectivity index (χ0) is 14.4. The van der Waals surface area contributed by atoms with Crippen LogP contribution in [-0.2, 0) is 11.3 Å². The summed E-state index contributed by atoms with van der Waals surface area (Å²) in [5.41, 5.74) is 7.40. The molecule has 0 spiro atoms. The number of carbonyl (C=O) groups excluding carboxylic acids is 1. The maximum atomic E-state index is 11.7. The lowest BCUT2D eigenvalue weighted by atomic mass is 10.1. The van der Waals surface area contributed by atoms with Crippen LogP contribution in [0, 0.1) is 5.92 Å². The van der Waals surface area contributed by atoms with Gasteiger partial charge in [-0.15, -0.1) is 0 Å². The van der Waals surface area contributed by atoms with E-state index in [-0.39, 0.29) is 11.8 Å². The maximum Gasteiger partial charge on any atom is 0.224 e. The summed E-state index contributed by atoms with van der Waals surface area (Å²) in [6.07, 6.45) is 3.92. The highest BCUT2D eigenvalue weighted by Gasteiger charge is 2.09. The zero-order valence-electron chi connectivity index (χ0n) is 11.6. The molecule has 1 unspecified atom stereocenters. The van der Waals surface area contributed by atoms with E-state index in [9.17, 15) is 4.79 Å². The van der Waals surface area contributed by atoms with Gasteiger partial charge in [0.1, 0.15) is 0 Å². The van der Waals surface area contributed by atoms with E-state index in [0.29, 0.717) is 19.5 Å². The smallest absolute Gasteiger partial charge is 0.224 e. The Kier molecular flexibility index (Phi) is 4.90. The van der Waals surface area contributed by atoms with Crippen molar-refractivity contribution in [2.75, 3.05) is 11.9 Å². The Morgan fingerprint density at radius 1 is 1.40 bits per heavy atom. The maximum absolute atomic E-state index is 11.7. The average Bonchev–Trinajstić information content (AvgIpc) is 2.86. The topological polar surface area (TPSA) is 72.9 Å². The van der Waals surface area contributed by atoms with Crippen LogP contribution in [0.2, 0.25) is 0 Å². The number of hydrogen-bond acceptors (Lipinski definition) is 3. The molecule has 0 bridgehead atoms. The number of rotatable bonds is 6. The first-order chi connectivity index (χ1) is 9.67. The van der Waals surface area contributed by atoms with E-state index in [1.54, 1.807) is 10.9 Å². The van der Waals surface area contributed by atoms with Crippen LogP contribution in [0.25, 0.3) is 0 Å². The molecule has 0 aliphatic carbocycles. The molecule has 3 N–H and O–H groups in total. The van der Waals surface area contributed by atoms with Crippen molar-refractivity contribution in [3.8, 4) is 0 Å². The molecule has 1 aromatic heterocycles. The third-order valence-corrected chi connectivity index (χ3v) is 3.04. The Labute approximate surface area is 118 Å². The van der Waals surface area contributed by atoms with Gasteiger partial charge in [-0.2, -0.15) is 5.10 Å². The molecule has 0 aliphatic rings. The van der Waals surface area contributed by atoms with Gasteiger partial charge < -0.3 is 11.1 Å². The lowest BCUT2D eigenvalue weighted by molar-refractivity contribution is -0.116. The van der Waals surface area contributed by atoms with Gasteiger partial charge in [-0.1, -0.05) is 37.3 Å². The summed E-state index contributed by atoms with van der Waals surface area (Å²) in [5.74, 6) is 0.163. The minimum atomic E-state index is -0.0257. The third-order valence-electron chi connectivity index (χ3n) is 3.04. The first-order valence-corrected chi connectivity index (χ1v) is 6.73. The fourth-order valence-corrected chi connectivity index (χ4v) is 1.90. The van der Waals surface area contributed by atoms with Crippen molar-refractivity contribution in [2.45, 2.75) is 19.9 Å². The Bertz CT molecular complexity index is 550. The van der Waals surface area contributed by atoms with Crippen molar-refractivity contribution < 1.29 is 4.79 Å². The monoisotopic (exact) mass is 272 g/mol. The minimum absolute atomic E-state index is 0.0257. The van der Waals surface area contributed by atoms with Gasteiger partial charge in [0.2, 0.25) is 5.91 Å². The van der Waals surface area contributed by atoms with Crippen LogP contribution in [0.1, 0.15) is 18.9 Å². The number of aromatic nitrogens is 2. The van der Waals surface area contributed by atoms with Crippen LogP contribution < -0.4 is 11.1 Å². The molecule has 1 atom stereocenters. The van der Waals surface area contributed by atoms with Crippen LogP contribution in [0.5, 0.6) is 0 Å². The summed E-state index contributed by atoms with van der Waals surface area (Å²) < 4.78 is 1.80. The summed E-state index contributed by atoms with van der Waals surface area (Å²) >= 11 is 0. The van der Waals surface area contributed by atoms with Crippen molar-refractivity contribution >= 4 is 11.6 Å². The van der Waals surface area contributed by atoms with Crippen LogP contribution in [0.4, 0.5) is 5.69 Å². The van der Waals surface area contributed by atoms with Gasteiger partial charge in [-0.05, 0) is 18.0 Å². The largest absolute Gasteiger partial charge is 0.330 e. The van der Waals surface area contributed by atoms with E-state index in [1.807, 2.05) is 43.5 Å². The van der Waals surface area contributed by atoms with Gasteiger partial charge in [0.15, 0.2) is 0 Å². The van der Waals surface area contributed by atoms with Crippen LogP contribution in [0.3, 0.4) is 0 Å². The fourth-order valence-electron chi connectivity index (χ4n) is 1.90. The number of carbonyl (C=O) groups is 1. The Morgan fingerprint density at radius 2 is 2.15 bits per heavy atom. The highest BCUT2D eigenvalue weighted by atomic mass is 16.1. The van der Waals surface area contributed by atoms with Gasteiger partial charge in [0.05, 0.1) is 18.4 Å². The molecule has 1 heterocycles. The number of hydrogen-bond donors (Lipinski definition) is 2. The normalized spacial score (nSPS) is 12.1. The van der Waals surface area contributed by atoms with Crippen molar-refractivity contribution in [3.63, 3.8) is 0 Å². The predicted molar refractivity (Wildman–Crippen MR) is 79.2 cm³/mol. The summed E-state index contributed by atoms with van der Waals surface area (Å²) in [6.45, 7) is 3.16. The van der Waals surface area contributed by atoms with Crippen molar-refractivity contribution in [3.05, 3.63) is 48.3 Å². The number of nitrogens with one attached hydrogen (secondary N) is 1. The Morgan fingerprint density at radius 3 is 2.85 bits per heavy atom. The molecule has 0 aliphatic heterocycles. The van der Waals surface area contributed by atoms with Gasteiger partial charge in [0, 0.05) is 12.6 Å². The SMILES string of the molecule is CC(CN)CC(=O)Nc1cnn(Cc2ccccc2)c1. The second-order valence-corrected chi connectivity index (χ2v) is 5.01. The highest BCUT2D eigenvalue weighted by molar-refractivity contribution is 5.90. The molecule has 20 heavy (non-hydrogen) atoms. The molecule has 106 valence electrons. The number of amides is 1. The molecule has 2 aromatic rings. The first-order valence-electron chi connectivity index (χ1n) is 6.73. The predicted octanol–water partition coefficient (Wildman–Crippen LogP) is 1.85. The molecule has 5 heteroatoms. The van der Waals surface area contributed by atoms with Crippen LogP contribution in [-0.4, -0.2) is 22.2 Å². The molecule has 1 aromatic carbocycles. The third kappa shape index (κ3) is 4.20. The molecule has 1 amide bonds. The van der Waals surface area contributed by atoms with E-state index in [4.69, 9.17) is 5.73 Å². The standard InChI is InChI=1S/C15H20N4O/c1-12(8-16)7-15(20)18-14-9-17-19(11-14)10-13-5-3-2-4-6-13/h2-6,9,11-12H,7-8,10,16H2,1H3,(H,18,20). The van der Waals surface area contributed by atoms with E-state index >= 15 is 0 Å². The molecule has 0 fully saturated rings. The van der Waals surface area contributed by atoms with Gasteiger partial charge >= 0.3 is 0 Å². The minimum Gasteiger partial charge on any atom is -0.330 e. The van der Waals surface area contributed by atoms with Gasteiger partial charge in [-0.25, -0.2) is 0 Å². The molecular weight excluding hydrogens is 252 g/mol. The lowest BCUT2D eigenvalue weighted by Crippen LogP contribution is -2.19. The van der Waals surface area contributed by atoms with Crippen LogP contribution in [0.15, 0.2) is 42.7 Å². The second kappa shape index (κ2) is 6.86. The number of nitrogens with two attached hydrogens (primary N) is 1. The number of nitrogens with zero attached hydrogens (tertiary/aromatic N) is 2. The van der Waals surface area contributed by atoms with Crippen molar-refractivity contribution in [2.24, 2.45) is 11.7 Å². The quantitative estimate of drug-likeness (QED) is 0.843. The highest BCUT2D eigenvalue weighted by Crippen LogP contribution is 2.09. The lowest BCUT2D eigenvalue weighted by Gasteiger charge is -2.07. The molecule has 5 nitrogen and oxygen atoms in total. The molecule has 2 rings (SSSR count). The Hall–Kier alpha value is -2.14. The summed E-state index contributed by atoms with van der Waals surface area (Å²) in [4.78, 5) is 11.7. The van der Waals surface area contributed by atoms with E-state index in [1.165, 1.54) is 5.56 Å². The molecular formula is C15H20N4O. The summed E-state index contributed by atoms with van der Waals surface area (Å²) in [5, 5.41) is 7.08. The van der Waals surface area contributed by atoms with E-state index < -0.39 is 0 Å². The Balaban J connectivity index is 1.91. The summed E-state index contributed by atoms with van der Waals surface area (Å²) in [6, 6.07) is 10.1. The number of anilines is 1. The zero-order valence-corrected chi connectivity index (χ0v) is 11.6. The van der Waals surface area contributed by atoms with Crippen molar-refractivity contribution in [1.29, 1.82) is 0 Å². The van der Waals surface area contributed by atoms with Gasteiger partial charge in [0.25, 0.3) is 0 Å². The van der Waals surface area contributed by atoms with Crippen molar-refractivity contribution in [1.82, 2.24) is 9.78 Å². The van der Waals surface area contributed by atoms with Gasteiger partial charge in [-0.3, -0.25) is 9.48 Å².